The van der Waals surface area contributed by atoms with Crippen molar-refractivity contribution in [3.8, 4) is 0 Å². The van der Waals surface area contributed by atoms with Gasteiger partial charge in [0.25, 0.3) is 0 Å². The minimum absolute atomic E-state index is 0.0805. The van der Waals surface area contributed by atoms with Crippen molar-refractivity contribution in [1.29, 1.82) is 0 Å². The van der Waals surface area contributed by atoms with Crippen molar-refractivity contribution < 1.29 is 28.6 Å². The summed E-state index contributed by atoms with van der Waals surface area (Å²) in [6.07, 6.45) is 92.7. The van der Waals surface area contributed by atoms with Gasteiger partial charge in [0, 0.05) is 19.3 Å². The number of unbranched alkanes of at least 4 members (excludes halogenated alkanes) is 36. The molecule has 0 aromatic rings. The quantitative estimate of drug-likeness (QED) is 0.0261. The molecule has 0 bridgehead atoms. The molecule has 0 aliphatic rings. The van der Waals surface area contributed by atoms with Crippen molar-refractivity contribution in [2.24, 2.45) is 0 Å². The molecule has 1 unspecified atom stereocenters. The van der Waals surface area contributed by atoms with Crippen LogP contribution in [0.5, 0.6) is 0 Å². The Bertz CT molecular complexity index is 1580. The topological polar surface area (TPSA) is 78.9 Å². The Hall–Kier alpha value is -3.67. The molecule has 466 valence electrons. The second-order valence-electron chi connectivity index (χ2n) is 23.1. The summed E-state index contributed by atoms with van der Waals surface area (Å²) in [6, 6.07) is 0. The minimum Gasteiger partial charge on any atom is -0.462 e. The Morgan fingerprint density at radius 3 is 0.753 bits per heavy atom. The molecule has 0 saturated carbocycles. The number of hydrogen-bond acceptors (Lipinski definition) is 6. The van der Waals surface area contributed by atoms with Gasteiger partial charge in [0.15, 0.2) is 6.10 Å². The van der Waals surface area contributed by atoms with Gasteiger partial charge >= 0.3 is 17.9 Å². The van der Waals surface area contributed by atoms with E-state index in [4.69, 9.17) is 14.2 Å². The van der Waals surface area contributed by atoms with Gasteiger partial charge in [0.05, 0.1) is 0 Å². The third-order valence-corrected chi connectivity index (χ3v) is 15.1. The first-order chi connectivity index (χ1) is 40.0. The Morgan fingerprint density at radius 2 is 0.481 bits per heavy atom. The Labute approximate surface area is 502 Å². The van der Waals surface area contributed by atoms with E-state index in [2.05, 4.69) is 118 Å². The van der Waals surface area contributed by atoms with E-state index >= 15 is 0 Å². The minimum atomic E-state index is -0.787. The number of ether oxygens (including phenoxy) is 3. The number of carbonyl (C=O) groups excluding carboxylic acids is 3. The van der Waals surface area contributed by atoms with Crippen LogP contribution in [-0.4, -0.2) is 37.2 Å². The molecular formula is C75H130O6. The fourth-order valence-corrected chi connectivity index (χ4v) is 9.89. The second kappa shape index (κ2) is 68.8. The Kier molecular flexibility index (Phi) is 65.7. The largest absolute Gasteiger partial charge is 0.462 e. The number of carbonyl (C=O) groups is 3. The first-order valence-electron chi connectivity index (χ1n) is 34.7. The SMILES string of the molecule is CC/C=C\C/C=C\C/C=C\C/C=C\C/C=C\CCCCCCCCCC(=O)OC(COC(=O)CCCCCCCCCCCC/C=C\C/C=C\C/C=C\CCCCCCC)COC(=O)CCCCCCCCCCCCCCCCC. The molecule has 0 fully saturated rings. The lowest BCUT2D eigenvalue weighted by molar-refractivity contribution is -0.167. The van der Waals surface area contributed by atoms with Gasteiger partial charge < -0.3 is 14.2 Å². The number of hydrogen-bond donors (Lipinski definition) is 0. The van der Waals surface area contributed by atoms with Gasteiger partial charge in [-0.1, -0.05) is 317 Å². The van der Waals surface area contributed by atoms with E-state index in [1.165, 1.54) is 193 Å². The summed E-state index contributed by atoms with van der Waals surface area (Å²) in [6.45, 7) is 6.55. The Morgan fingerprint density at radius 1 is 0.259 bits per heavy atom. The molecular weight excluding hydrogens is 997 g/mol. The fraction of sp³-hybridized carbons (Fsp3) is 0.747. The molecule has 0 rings (SSSR count). The van der Waals surface area contributed by atoms with Crippen LogP contribution in [-0.2, 0) is 28.6 Å². The van der Waals surface area contributed by atoms with E-state index in [0.29, 0.717) is 19.3 Å². The van der Waals surface area contributed by atoms with Crippen molar-refractivity contribution in [1.82, 2.24) is 0 Å². The molecule has 0 spiro atoms. The summed E-state index contributed by atoms with van der Waals surface area (Å²) in [5, 5.41) is 0. The van der Waals surface area contributed by atoms with E-state index < -0.39 is 6.10 Å². The van der Waals surface area contributed by atoms with Crippen LogP contribution in [0.2, 0.25) is 0 Å². The summed E-state index contributed by atoms with van der Waals surface area (Å²) in [7, 11) is 0. The first kappa shape index (κ1) is 77.3. The Balaban J connectivity index is 4.37. The van der Waals surface area contributed by atoms with Gasteiger partial charge in [-0.15, -0.1) is 0 Å². The molecule has 0 aliphatic heterocycles. The monoisotopic (exact) mass is 1130 g/mol. The zero-order valence-electron chi connectivity index (χ0n) is 53.5. The van der Waals surface area contributed by atoms with E-state index in [0.717, 1.165) is 109 Å². The van der Waals surface area contributed by atoms with Crippen molar-refractivity contribution in [2.75, 3.05) is 13.2 Å². The van der Waals surface area contributed by atoms with Crippen molar-refractivity contribution in [3.05, 3.63) is 97.2 Å². The van der Waals surface area contributed by atoms with Gasteiger partial charge in [-0.05, 0) is 103 Å². The standard InChI is InChI=1S/C75H130O6/c1-4-7-10-13-16-19-22-25-28-30-32-34-36-37-39-40-42-44-47-50-53-56-59-62-65-68-74(77)80-71-72(70-79-73(76)67-64-61-58-55-52-49-46-27-24-21-18-15-12-9-6-3)81-75(78)69-66-63-60-57-54-51-48-45-43-41-38-35-33-31-29-26-23-20-17-14-11-8-5-2/h8,11,17,20,22,25-26,29-30,32-33,35-37,41,43,72H,4-7,9-10,12-16,18-19,21,23-24,27-28,31,34,38-40,42,44-71H2,1-3H3/b11-8-,20-17-,25-22-,29-26-,32-30-,35-33-,37-36-,43-41-. The molecule has 81 heavy (non-hydrogen) atoms. The lowest BCUT2D eigenvalue weighted by Crippen LogP contribution is -2.30. The maximum Gasteiger partial charge on any atom is 0.306 e. The van der Waals surface area contributed by atoms with Crippen LogP contribution in [0.25, 0.3) is 0 Å². The van der Waals surface area contributed by atoms with E-state index in [9.17, 15) is 14.4 Å². The van der Waals surface area contributed by atoms with Crippen LogP contribution in [0.3, 0.4) is 0 Å². The lowest BCUT2D eigenvalue weighted by Gasteiger charge is -2.18. The van der Waals surface area contributed by atoms with Crippen LogP contribution >= 0.6 is 0 Å². The van der Waals surface area contributed by atoms with Gasteiger partial charge in [0.1, 0.15) is 13.2 Å². The average Bonchev–Trinajstić information content (AvgIpc) is 3.47. The fourth-order valence-electron chi connectivity index (χ4n) is 9.89. The third-order valence-electron chi connectivity index (χ3n) is 15.1. The third kappa shape index (κ3) is 67.0. The predicted molar refractivity (Wildman–Crippen MR) is 353 cm³/mol. The molecule has 1 atom stereocenters. The summed E-state index contributed by atoms with van der Waals surface area (Å²) in [4.78, 5) is 38.5. The summed E-state index contributed by atoms with van der Waals surface area (Å²) >= 11 is 0. The smallest absolute Gasteiger partial charge is 0.306 e. The summed E-state index contributed by atoms with van der Waals surface area (Å²) in [5.74, 6) is -0.879. The second-order valence-corrected chi connectivity index (χ2v) is 23.1. The summed E-state index contributed by atoms with van der Waals surface area (Å²) in [5.41, 5.74) is 0. The maximum absolute atomic E-state index is 13.0. The van der Waals surface area contributed by atoms with Crippen LogP contribution in [0.15, 0.2) is 97.2 Å². The number of rotatable bonds is 63. The van der Waals surface area contributed by atoms with Crippen molar-refractivity contribution >= 4 is 17.9 Å². The normalized spacial score (nSPS) is 12.7. The van der Waals surface area contributed by atoms with E-state index in [1.54, 1.807) is 0 Å². The van der Waals surface area contributed by atoms with Crippen LogP contribution in [0.1, 0.15) is 342 Å². The molecule has 6 nitrogen and oxygen atoms in total. The molecule has 6 heteroatoms. The highest BCUT2D eigenvalue weighted by Gasteiger charge is 2.19. The van der Waals surface area contributed by atoms with Gasteiger partial charge in [0.2, 0.25) is 0 Å². The molecule has 0 N–H and O–H groups in total. The van der Waals surface area contributed by atoms with E-state index in [-0.39, 0.29) is 31.1 Å². The zero-order valence-corrected chi connectivity index (χ0v) is 53.5. The zero-order chi connectivity index (χ0) is 58.5. The van der Waals surface area contributed by atoms with Crippen LogP contribution in [0.4, 0.5) is 0 Å². The maximum atomic E-state index is 13.0. The van der Waals surface area contributed by atoms with Crippen molar-refractivity contribution in [3.63, 3.8) is 0 Å². The lowest BCUT2D eigenvalue weighted by atomic mass is 10.0. The predicted octanol–water partition coefficient (Wildman–Crippen LogP) is 24.0. The van der Waals surface area contributed by atoms with Gasteiger partial charge in [-0.3, -0.25) is 14.4 Å². The molecule has 0 saturated heterocycles. The highest BCUT2D eigenvalue weighted by Crippen LogP contribution is 2.17. The van der Waals surface area contributed by atoms with E-state index in [1.807, 2.05) is 0 Å². The highest BCUT2D eigenvalue weighted by atomic mass is 16.6. The number of esters is 3. The molecule has 0 heterocycles. The van der Waals surface area contributed by atoms with Crippen molar-refractivity contribution in [2.45, 2.75) is 348 Å². The molecule has 0 amide bonds. The van der Waals surface area contributed by atoms with Gasteiger partial charge in [-0.25, -0.2) is 0 Å². The molecule has 0 aliphatic carbocycles. The highest BCUT2D eigenvalue weighted by molar-refractivity contribution is 5.71. The summed E-state index contributed by atoms with van der Waals surface area (Å²) < 4.78 is 17.0. The van der Waals surface area contributed by atoms with Crippen LogP contribution in [0, 0.1) is 0 Å². The average molecular weight is 1130 g/mol. The molecule has 0 aromatic carbocycles. The number of allylic oxidation sites excluding steroid dienone is 16. The molecule has 0 aromatic heterocycles. The first-order valence-corrected chi connectivity index (χ1v) is 34.7. The van der Waals surface area contributed by atoms with Crippen LogP contribution < -0.4 is 0 Å². The van der Waals surface area contributed by atoms with Gasteiger partial charge in [-0.2, -0.15) is 0 Å². The molecule has 0 radical (unpaired) electrons.